The van der Waals surface area contributed by atoms with E-state index in [1.54, 1.807) is 42.5 Å². The first-order chi connectivity index (χ1) is 17.5. The van der Waals surface area contributed by atoms with Gasteiger partial charge in [0, 0.05) is 11.6 Å². The average molecular weight is 482 g/mol. The Balaban J connectivity index is 1.42. The summed E-state index contributed by atoms with van der Waals surface area (Å²) in [5.41, 5.74) is 8.60. The van der Waals surface area contributed by atoms with Gasteiger partial charge in [-0.25, -0.2) is 9.18 Å². The minimum atomic E-state index is -0.653. The summed E-state index contributed by atoms with van der Waals surface area (Å²) >= 11 is 0. The van der Waals surface area contributed by atoms with E-state index in [0.717, 1.165) is 11.1 Å². The molecule has 0 amide bonds. The third-order valence-electron chi connectivity index (χ3n) is 5.63. The first-order valence-corrected chi connectivity index (χ1v) is 11.0. The number of nitrogens with two attached hydrogens (primary N) is 1. The lowest BCUT2D eigenvalue weighted by Crippen LogP contribution is -2.21. The predicted molar refractivity (Wildman–Crippen MR) is 127 cm³/mol. The van der Waals surface area contributed by atoms with E-state index in [1.165, 1.54) is 24.5 Å². The van der Waals surface area contributed by atoms with Crippen LogP contribution in [0.5, 0.6) is 17.2 Å². The first kappa shape index (κ1) is 22.7. The van der Waals surface area contributed by atoms with Gasteiger partial charge in [0.15, 0.2) is 0 Å². The van der Waals surface area contributed by atoms with Crippen LogP contribution in [0, 0.1) is 17.1 Å². The standard InChI is InChI=1S/C28H19FN2O5/c29-19-8-6-17(7-9-19)16-34-20-4-1-3-18(13-20)26-22-11-10-21(35-28(32)24-5-2-12-33-24)14-25(22)36-27(31)23(26)15-30/h1-14,26H,16,31H2. The maximum atomic E-state index is 13.2. The van der Waals surface area contributed by atoms with Gasteiger partial charge in [0.2, 0.25) is 11.6 Å². The number of rotatable bonds is 6. The van der Waals surface area contributed by atoms with Crippen molar-refractivity contribution >= 4 is 5.97 Å². The molecule has 0 fully saturated rings. The fourth-order valence-corrected chi connectivity index (χ4v) is 3.93. The van der Waals surface area contributed by atoms with Crippen LogP contribution < -0.4 is 19.9 Å². The summed E-state index contributed by atoms with van der Waals surface area (Å²) in [7, 11) is 0. The van der Waals surface area contributed by atoms with Gasteiger partial charge in [0.05, 0.1) is 12.2 Å². The van der Waals surface area contributed by atoms with Crippen LogP contribution in [0.1, 0.15) is 33.2 Å². The van der Waals surface area contributed by atoms with Gasteiger partial charge in [0.25, 0.3) is 0 Å². The average Bonchev–Trinajstić information content (AvgIpc) is 3.43. The zero-order valence-electron chi connectivity index (χ0n) is 18.8. The van der Waals surface area contributed by atoms with Gasteiger partial charge in [-0.2, -0.15) is 5.26 Å². The van der Waals surface area contributed by atoms with Crippen molar-refractivity contribution in [1.82, 2.24) is 0 Å². The summed E-state index contributed by atoms with van der Waals surface area (Å²) in [5, 5.41) is 9.83. The van der Waals surface area contributed by atoms with Crippen molar-refractivity contribution in [3.63, 3.8) is 0 Å². The zero-order chi connectivity index (χ0) is 25.1. The van der Waals surface area contributed by atoms with E-state index in [2.05, 4.69) is 6.07 Å². The van der Waals surface area contributed by atoms with Crippen LogP contribution >= 0.6 is 0 Å². The van der Waals surface area contributed by atoms with Crippen molar-refractivity contribution in [2.75, 3.05) is 0 Å². The molecule has 0 spiro atoms. The molecule has 1 aliphatic rings. The van der Waals surface area contributed by atoms with E-state index < -0.39 is 11.9 Å². The number of allylic oxidation sites excluding steroid dienone is 1. The topological polar surface area (TPSA) is 108 Å². The molecule has 0 bridgehead atoms. The minimum Gasteiger partial charge on any atom is -0.489 e. The highest BCUT2D eigenvalue weighted by molar-refractivity contribution is 5.88. The maximum Gasteiger partial charge on any atom is 0.379 e. The molecule has 0 saturated carbocycles. The van der Waals surface area contributed by atoms with Gasteiger partial charge in [-0.1, -0.05) is 30.3 Å². The molecule has 0 radical (unpaired) electrons. The Kier molecular flexibility index (Phi) is 6.12. The van der Waals surface area contributed by atoms with Crippen LogP contribution in [0.3, 0.4) is 0 Å². The monoisotopic (exact) mass is 482 g/mol. The molecular weight excluding hydrogens is 463 g/mol. The van der Waals surface area contributed by atoms with Gasteiger partial charge < -0.3 is 24.4 Å². The lowest BCUT2D eigenvalue weighted by Gasteiger charge is -2.27. The molecule has 5 rings (SSSR count). The zero-order valence-corrected chi connectivity index (χ0v) is 18.8. The Morgan fingerprint density at radius 3 is 2.61 bits per heavy atom. The fourth-order valence-electron chi connectivity index (χ4n) is 3.93. The quantitative estimate of drug-likeness (QED) is 0.288. The number of esters is 1. The van der Waals surface area contributed by atoms with Crippen molar-refractivity contribution < 1.29 is 27.8 Å². The number of nitrogens with zero attached hydrogens (tertiary/aromatic N) is 1. The van der Waals surface area contributed by atoms with E-state index in [9.17, 15) is 14.4 Å². The third-order valence-corrected chi connectivity index (χ3v) is 5.63. The summed E-state index contributed by atoms with van der Waals surface area (Å²) in [5.74, 6) is -0.298. The van der Waals surface area contributed by atoms with Crippen molar-refractivity contribution in [1.29, 1.82) is 5.26 Å². The van der Waals surface area contributed by atoms with Crippen molar-refractivity contribution in [2.24, 2.45) is 5.73 Å². The van der Waals surface area contributed by atoms with Crippen LogP contribution in [0.2, 0.25) is 0 Å². The third kappa shape index (κ3) is 4.63. The van der Waals surface area contributed by atoms with Gasteiger partial charge in [0.1, 0.15) is 41.3 Å². The molecule has 0 saturated heterocycles. The van der Waals surface area contributed by atoms with Gasteiger partial charge in [-0.15, -0.1) is 0 Å². The van der Waals surface area contributed by atoms with Crippen molar-refractivity contribution in [3.05, 3.63) is 125 Å². The summed E-state index contributed by atoms with van der Waals surface area (Å²) in [6.45, 7) is 0.252. The van der Waals surface area contributed by atoms with Gasteiger partial charge in [-0.3, -0.25) is 0 Å². The molecule has 3 aromatic carbocycles. The molecular formula is C28H19FN2O5. The van der Waals surface area contributed by atoms with Crippen LogP contribution in [0.15, 0.2) is 101 Å². The second kappa shape index (κ2) is 9.68. The highest BCUT2D eigenvalue weighted by atomic mass is 19.1. The Morgan fingerprint density at radius 2 is 1.86 bits per heavy atom. The van der Waals surface area contributed by atoms with Crippen LogP contribution in [0.25, 0.3) is 0 Å². The van der Waals surface area contributed by atoms with Crippen molar-refractivity contribution in [3.8, 4) is 23.3 Å². The van der Waals surface area contributed by atoms with E-state index in [0.29, 0.717) is 17.1 Å². The molecule has 1 aromatic heterocycles. The Hall–Kier alpha value is -5.03. The molecule has 1 unspecified atom stereocenters. The molecule has 2 heterocycles. The number of halogens is 1. The Labute approximate surface area is 205 Å². The van der Waals surface area contributed by atoms with Gasteiger partial charge >= 0.3 is 5.97 Å². The van der Waals surface area contributed by atoms with Crippen LogP contribution in [-0.2, 0) is 6.61 Å². The molecule has 0 aliphatic carbocycles. The number of nitriles is 1. The second-order valence-corrected chi connectivity index (χ2v) is 7.98. The molecule has 2 N–H and O–H groups in total. The predicted octanol–water partition coefficient (Wildman–Crippen LogP) is 5.44. The highest BCUT2D eigenvalue weighted by Gasteiger charge is 2.31. The Bertz CT molecular complexity index is 1490. The summed E-state index contributed by atoms with van der Waals surface area (Å²) < 4.78 is 35.2. The number of fused-ring (bicyclic) bond motifs is 1. The summed E-state index contributed by atoms with van der Waals surface area (Å²) in [6.07, 6.45) is 1.38. The van der Waals surface area contributed by atoms with E-state index >= 15 is 0 Å². The lowest BCUT2D eigenvalue weighted by molar-refractivity contribution is 0.0701. The molecule has 1 aliphatic heterocycles. The molecule has 1 atom stereocenters. The normalized spacial score (nSPS) is 14.4. The molecule has 178 valence electrons. The largest absolute Gasteiger partial charge is 0.489 e. The SMILES string of the molecule is N#CC1=C(N)Oc2cc(OC(=O)c3ccco3)ccc2C1c1cccc(OCc2ccc(F)cc2)c1. The van der Waals surface area contributed by atoms with Crippen LogP contribution in [0.4, 0.5) is 4.39 Å². The molecule has 7 nitrogen and oxygen atoms in total. The van der Waals surface area contributed by atoms with Crippen LogP contribution in [-0.4, -0.2) is 5.97 Å². The smallest absolute Gasteiger partial charge is 0.379 e. The number of carbonyl (C=O) groups excluding carboxylic acids is 1. The summed E-state index contributed by atoms with van der Waals surface area (Å²) in [6, 6.07) is 23.5. The number of ether oxygens (including phenoxy) is 3. The number of carbonyl (C=O) groups is 1. The van der Waals surface area contributed by atoms with E-state index in [1.807, 2.05) is 18.2 Å². The van der Waals surface area contributed by atoms with Gasteiger partial charge in [-0.05, 0) is 53.6 Å². The van der Waals surface area contributed by atoms with E-state index in [4.69, 9.17) is 24.4 Å². The number of benzene rings is 3. The summed E-state index contributed by atoms with van der Waals surface area (Å²) in [4.78, 5) is 12.2. The number of furan rings is 1. The molecule has 36 heavy (non-hydrogen) atoms. The Morgan fingerprint density at radius 1 is 1.03 bits per heavy atom. The lowest BCUT2D eigenvalue weighted by atomic mass is 9.83. The first-order valence-electron chi connectivity index (χ1n) is 11.0. The minimum absolute atomic E-state index is 0.0397. The fraction of sp³-hybridized carbons (Fsp3) is 0.0714. The number of hydrogen-bond donors (Lipinski definition) is 1. The van der Waals surface area contributed by atoms with Crippen molar-refractivity contribution in [2.45, 2.75) is 12.5 Å². The second-order valence-electron chi connectivity index (χ2n) is 7.98. The molecule has 4 aromatic rings. The highest BCUT2D eigenvalue weighted by Crippen LogP contribution is 2.44. The number of hydrogen-bond acceptors (Lipinski definition) is 7. The molecule has 8 heteroatoms. The van der Waals surface area contributed by atoms with E-state index in [-0.39, 0.29) is 35.4 Å². The maximum absolute atomic E-state index is 13.2.